The van der Waals surface area contributed by atoms with E-state index in [1.165, 1.54) is 25.7 Å². The number of rotatable bonds is 8. The molecule has 1 fully saturated rings. The van der Waals surface area contributed by atoms with Gasteiger partial charge in [-0.2, -0.15) is 0 Å². The fraction of sp³-hybridized carbons (Fsp3) is 0.647. The quantitative estimate of drug-likeness (QED) is 0.748. The average Bonchev–Trinajstić information content (AvgIpc) is 3.24. The zero-order chi connectivity index (χ0) is 13.7. The van der Waals surface area contributed by atoms with E-state index >= 15 is 0 Å². The van der Waals surface area contributed by atoms with Crippen molar-refractivity contribution >= 4 is 0 Å². The molecule has 2 nitrogen and oxygen atoms in total. The number of benzene rings is 1. The van der Waals surface area contributed by atoms with Gasteiger partial charge < -0.3 is 9.84 Å². The second kappa shape index (κ2) is 6.95. The van der Waals surface area contributed by atoms with E-state index in [0.29, 0.717) is 12.0 Å². The van der Waals surface area contributed by atoms with Gasteiger partial charge in [0.2, 0.25) is 0 Å². The molecule has 0 aromatic heterocycles. The molecule has 0 bridgehead atoms. The predicted octanol–water partition coefficient (Wildman–Crippen LogP) is 4.48. The van der Waals surface area contributed by atoms with Gasteiger partial charge in [-0.3, -0.25) is 0 Å². The molecule has 0 saturated heterocycles. The first-order valence-corrected chi connectivity index (χ1v) is 7.69. The molecule has 1 aromatic carbocycles. The molecule has 0 heterocycles. The summed E-state index contributed by atoms with van der Waals surface area (Å²) in [6.07, 6.45) is 6.97. The second-order valence-corrected chi connectivity index (χ2v) is 5.64. The summed E-state index contributed by atoms with van der Waals surface area (Å²) in [6, 6.07) is 8.00. The van der Waals surface area contributed by atoms with Crippen LogP contribution in [-0.4, -0.2) is 11.2 Å². The number of unbranched alkanes of at least 4 members (excludes halogenated alkanes) is 1. The van der Waals surface area contributed by atoms with E-state index in [1.54, 1.807) is 0 Å². The first kappa shape index (κ1) is 14.4. The van der Waals surface area contributed by atoms with Crippen molar-refractivity contribution in [3.05, 3.63) is 29.8 Å². The van der Waals surface area contributed by atoms with Crippen LogP contribution in [0.25, 0.3) is 0 Å². The third kappa shape index (κ3) is 4.24. The van der Waals surface area contributed by atoms with Crippen molar-refractivity contribution in [3.63, 3.8) is 0 Å². The zero-order valence-electron chi connectivity index (χ0n) is 12.1. The number of aliphatic hydroxyl groups excluding tert-OH is 1. The molecule has 1 N–H and O–H groups in total. The van der Waals surface area contributed by atoms with Crippen molar-refractivity contribution in [1.82, 2.24) is 0 Å². The van der Waals surface area contributed by atoms with E-state index in [4.69, 9.17) is 4.74 Å². The molecule has 2 unspecified atom stereocenters. The van der Waals surface area contributed by atoms with E-state index < -0.39 is 0 Å². The number of hydrogen-bond donors (Lipinski definition) is 1. The van der Waals surface area contributed by atoms with E-state index in [2.05, 4.69) is 13.8 Å². The van der Waals surface area contributed by atoms with E-state index in [1.807, 2.05) is 24.3 Å². The lowest BCUT2D eigenvalue weighted by Crippen LogP contribution is -2.12. The molecule has 19 heavy (non-hydrogen) atoms. The van der Waals surface area contributed by atoms with Crippen LogP contribution in [0.15, 0.2) is 24.3 Å². The Morgan fingerprint density at radius 2 is 1.89 bits per heavy atom. The first-order valence-electron chi connectivity index (χ1n) is 7.69. The summed E-state index contributed by atoms with van der Waals surface area (Å²) in [5, 5.41) is 10.5. The summed E-state index contributed by atoms with van der Waals surface area (Å²) in [5.41, 5.74) is 1.02. The Morgan fingerprint density at radius 3 is 2.42 bits per heavy atom. The van der Waals surface area contributed by atoms with Gasteiger partial charge in [0.15, 0.2) is 0 Å². The average molecular weight is 262 g/mol. The molecule has 0 amide bonds. The molecule has 1 aliphatic carbocycles. The highest BCUT2D eigenvalue weighted by molar-refractivity contribution is 5.29. The Morgan fingerprint density at radius 1 is 1.21 bits per heavy atom. The minimum absolute atomic E-state index is 0.341. The van der Waals surface area contributed by atoms with Crippen molar-refractivity contribution in [2.45, 2.75) is 64.6 Å². The Balaban J connectivity index is 1.94. The normalized spacial score (nSPS) is 18.1. The Labute approximate surface area is 116 Å². The highest BCUT2D eigenvalue weighted by atomic mass is 16.5. The summed E-state index contributed by atoms with van der Waals surface area (Å²) < 4.78 is 5.73. The van der Waals surface area contributed by atoms with Gasteiger partial charge in [-0.1, -0.05) is 45.2 Å². The topological polar surface area (TPSA) is 29.5 Å². The summed E-state index contributed by atoms with van der Waals surface area (Å²) >= 11 is 0. The predicted molar refractivity (Wildman–Crippen MR) is 78.4 cm³/mol. The van der Waals surface area contributed by atoms with E-state index in [-0.39, 0.29) is 6.10 Å². The lowest BCUT2D eigenvalue weighted by molar-refractivity contribution is 0.0988. The molecule has 0 spiro atoms. The van der Waals surface area contributed by atoms with Crippen LogP contribution < -0.4 is 4.74 Å². The molecule has 1 aromatic rings. The zero-order valence-corrected chi connectivity index (χ0v) is 12.1. The van der Waals surface area contributed by atoms with Crippen LogP contribution in [-0.2, 0) is 0 Å². The first-order chi connectivity index (χ1) is 9.24. The largest absolute Gasteiger partial charge is 0.490 e. The Hall–Kier alpha value is -1.02. The maximum atomic E-state index is 10.5. The standard InChI is InChI=1S/C17H26O2/c1-3-5-6-13(4-2)17(18)14-7-9-15(10-8-14)19-16-11-12-16/h7-10,13,16-18H,3-6,11-12H2,1-2H3. The minimum Gasteiger partial charge on any atom is -0.490 e. The Kier molecular flexibility index (Phi) is 5.26. The molecule has 1 aliphatic rings. The number of ether oxygens (including phenoxy) is 1. The second-order valence-electron chi connectivity index (χ2n) is 5.64. The maximum Gasteiger partial charge on any atom is 0.119 e. The van der Waals surface area contributed by atoms with Crippen molar-refractivity contribution in [3.8, 4) is 5.75 Å². The summed E-state index contributed by atoms with van der Waals surface area (Å²) in [4.78, 5) is 0. The summed E-state index contributed by atoms with van der Waals surface area (Å²) in [6.45, 7) is 4.36. The maximum absolute atomic E-state index is 10.5. The highest BCUT2D eigenvalue weighted by Gasteiger charge is 2.24. The fourth-order valence-electron chi connectivity index (χ4n) is 2.45. The van der Waals surface area contributed by atoms with Crippen molar-refractivity contribution in [2.24, 2.45) is 5.92 Å². The van der Waals surface area contributed by atoms with Gasteiger partial charge in [0.1, 0.15) is 5.75 Å². The van der Waals surface area contributed by atoms with Crippen LogP contribution >= 0.6 is 0 Å². The third-order valence-electron chi connectivity index (χ3n) is 3.95. The van der Waals surface area contributed by atoms with Gasteiger partial charge >= 0.3 is 0 Å². The van der Waals surface area contributed by atoms with E-state index in [9.17, 15) is 5.11 Å². The number of hydrogen-bond acceptors (Lipinski definition) is 2. The monoisotopic (exact) mass is 262 g/mol. The summed E-state index contributed by atoms with van der Waals surface area (Å²) in [5.74, 6) is 1.30. The van der Waals surface area contributed by atoms with Gasteiger partial charge in [0, 0.05) is 0 Å². The molecule has 2 rings (SSSR count). The van der Waals surface area contributed by atoms with Crippen molar-refractivity contribution in [2.75, 3.05) is 0 Å². The summed E-state index contributed by atoms with van der Waals surface area (Å²) in [7, 11) is 0. The van der Waals surface area contributed by atoms with Crippen LogP contribution in [0.2, 0.25) is 0 Å². The number of aliphatic hydroxyl groups is 1. The van der Waals surface area contributed by atoms with E-state index in [0.717, 1.165) is 24.2 Å². The lowest BCUT2D eigenvalue weighted by Gasteiger charge is -2.22. The smallest absolute Gasteiger partial charge is 0.119 e. The molecular weight excluding hydrogens is 236 g/mol. The Bertz CT molecular complexity index is 367. The molecule has 0 aliphatic heterocycles. The van der Waals surface area contributed by atoms with Gasteiger partial charge in [-0.05, 0) is 42.9 Å². The van der Waals surface area contributed by atoms with Gasteiger partial charge in [0.05, 0.1) is 12.2 Å². The van der Waals surface area contributed by atoms with Crippen LogP contribution in [0.1, 0.15) is 64.0 Å². The molecule has 2 atom stereocenters. The molecule has 106 valence electrons. The van der Waals surface area contributed by atoms with Gasteiger partial charge in [-0.15, -0.1) is 0 Å². The van der Waals surface area contributed by atoms with Gasteiger partial charge in [0.25, 0.3) is 0 Å². The highest BCUT2D eigenvalue weighted by Crippen LogP contribution is 2.31. The minimum atomic E-state index is -0.341. The lowest BCUT2D eigenvalue weighted by atomic mass is 9.89. The van der Waals surface area contributed by atoms with Crippen LogP contribution in [0.4, 0.5) is 0 Å². The molecular formula is C17H26O2. The van der Waals surface area contributed by atoms with Crippen molar-refractivity contribution in [1.29, 1.82) is 0 Å². The molecule has 2 heteroatoms. The third-order valence-corrected chi connectivity index (χ3v) is 3.95. The van der Waals surface area contributed by atoms with Crippen molar-refractivity contribution < 1.29 is 9.84 Å². The molecule has 0 radical (unpaired) electrons. The van der Waals surface area contributed by atoms with Crippen LogP contribution in [0.5, 0.6) is 5.75 Å². The SMILES string of the molecule is CCCCC(CC)C(O)c1ccc(OC2CC2)cc1. The van der Waals surface area contributed by atoms with Crippen LogP contribution in [0, 0.1) is 5.92 Å². The van der Waals surface area contributed by atoms with Gasteiger partial charge in [-0.25, -0.2) is 0 Å². The fourth-order valence-corrected chi connectivity index (χ4v) is 2.45. The molecule has 1 saturated carbocycles. The van der Waals surface area contributed by atoms with Crippen LogP contribution in [0.3, 0.4) is 0 Å².